The maximum Gasteiger partial charge on any atom is 0.235 e. The average molecular weight is 714 g/mol. The first-order valence-electron chi connectivity index (χ1n) is 16.9. The fourth-order valence-corrected chi connectivity index (χ4v) is 7.47. The van der Waals surface area contributed by atoms with Gasteiger partial charge in [-0.3, -0.25) is 19.6 Å². The van der Waals surface area contributed by atoms with Gasteiger partial charge in [-0.25, -0.2) is 9.97 Å². The number of hydrogen-bond acceptors (Lipinski definition) is 8. The van der Waals surface area contributed by atoms with Gasteiger partial charge in [0.1, 0.15) is 11.2 Å². The van der Waals surface area contributed by atoms with Crippen LogP contribution in [0.2, 0.25) is 10.0 Å². The Balaban J connectivity index is 1.11. The van der Waals surface area contributed by atoms with Crippen molar-refractivity contribution in [2.24, 2.45) is 7.05 Å². The summed E-state index contributed by atoms with van der Waals surface area (Å²) in [6.45, 7) is 1.32. The molecule has 0 saturated carbocycles. The van der Waals surface area contributed by atoms with Gasteiger partial charge in [-0.05, 0) is 32.1 Å². The first-order chi connectivity index (χ1) is 24.3. The lowest BCUT2D eigenvalue weighted by Crippen LogP contribution is -2.35. The molecule has 2 atom stereocenters. The highest BCUT2D eigenvalue weighted by Gasteiger charge is 2.23. The highest BCUT2D eigenvalue weighted by atomic mass is 35.5. The van der Waals surface area contributed by atoms with Crippen LogP contribution in [-0.4, -0.2) is 62.1 Å². The summed E-state index contributed by atoms with van der Waals surface area (Å²) >= 11 is 14.2. The van der Waals surface area contributed by atoms with Crippen molar-refractivity contribution in [3.8, 4) is 39.5 Å². The molecule has 2 saturated heterocycles. The number of ether oxygens (including phenoxy) is 1. The fraction of sp³-hybridized carbons (Fsp3) is 0.351. The molecule has 5 aromatic rings. The van der Waals surface area contributed by atoms with Gasteiger partial charge in [0.25, 0.3) is 0 Å². The molecular formula is C37H38Cl2N8O3. The van der Waals surface area contributed by atoms with E-state index in [4.69, 9.17) is 47.9 Å². The largest absolute Gasteiger partial charge is 0.480 e. The van der Waals surface area contributed by atoms with Crippen LogP contribution in [0.1, 0.15) is 49.8 Å². The van der Waals surface area contributed by atoms with Gasteiger partial charge in [0, 0.05) is 79.1 Å². The van der Waals surface area contributed by atoms with Crippen molar-refractivity contribution in [3.63, 3.8) is 0 Å². The summed E-state index contributed by atoms with van der Waals surface area (Å²) in [5, 5.41) is 10.4. The molecule has 11 nitrogen and oxygen atoms in total. The standard InChI is InChI=1S/C37H38Cl2N8O3/c1-47-20-21(16-40-17-23-13-15-32(49)44-23)35-36(47)45-29(19-42-35)26-9-4-7-24(33(26)38)25-8-5-10-27(34(25)39)30-18-41-28(37(46-30)50-2)11-3-6-22-12-14-31(48)43-22/h4-5,7-10,18-20,22-23,40H,3,6,11-17H2,1-2H3,(H,43,48)(H,44,49)/t22-,23-/m0/s1. The molecule has 50 heavy (non-hydrogen) atoms. The minimum Gasteiger partial charge on any atom is -0.480 e. The molecule has 258 valence electrons. The Hall–Kier alpha value is -4.58. The zero-order valence-corrected chi connectivity index (χ0v) is 29.4. The maximum absolute atomic E-state index is 11.5. The van der Waals surface area contributed by atoms with E-state index in [1.54, 1.807) is 19.5 Å². The van der Waals surface area contributed by atoms with E-state index >= 15 is 0 Å². The second-order valence-corrected chi connectivity index (χ2v) is 13.6. The Morgan fingerprint density at radius 2 is 1.50 bits per heavy atom. The minimum absolute atomic E-state index is 0.110. The summed E-state index contributed by atoms with van der Waals surface area (Å²) in [6.07, 6.45) is 10.8. The predicted octanol–water partition coefficient (Wildman–Crippen LogP) is 6.04. The third-order valence-electron chi connectivity index (χ3n) is 9.43. The smallest absolute Gasteiger partial charge is 0.235 e. The number of carbonyl (C=O) groups excluding carboxylic acids is 2. The van der Waals surface area contributed by atoms with Gasteiger partial charge in [-0.1, -0.05) is 59.6 Å². The molecule has 2 aromatic carbocycles. The van der Waals surface area contributed by atoms with Crippen LogP contribution in [0.4, 0.5) is 0 Å². The molecular weight excluding hydrogens is 675 g/mol. The van der Waals surface area contributed by atoms with Crippen molar-refractivity contribution < 1.29 is 14.3 Å². The molecule has 3 aromatic heterocycles. The number of aryl methyl sites for hydroxylation is 2. The van der Waals surface area contributed by atoms with Crippen molar-refractivity contribution in [3.05, 3.63) is 76.3 Å². The Bertz CT molecular complexity index is 2080. The van der Waals surface area contributed by atoms with Crippen LogP contribution in [0, 0.1) is 0 Å². The van der Waals surface area contributed by atoms with Crippen LogP contribution in [0.15, 0.2) is 55.0 Å². The van der Waals surface area contributed by atoms with Crippen molar-refractivity contribution in [2.75, 3.05) is 13.7 Å². The third-order valence-corrected chi connectivity index (χ3v) is 10.2. The third kappa shape index (κ3) is 7.03. The molecule has 2 fully saturated rings. The highest BCUT2D eigenvalue weighted by molar-refractivity contribution is 6.39. The van der Waals surface area contributed by atoms with Crippen LogP contribution in [0.3, 0.4) is 0 Å². The first kappa shape index (κ1) is 33.9. The number of benzene rings is 2. The summed E-state index contributed by atoms with van der Waals surface area (Å²) < 4.78 is 7.60. The summed E-state index contributed by atoms with van der Waals surface area (Å²) in [5.41, 5.74) is 7.54. The fourth-order valence-electron chi connectivity index (χ4n) is 6.83. The number of nitrogens with one attached hydrogen (secondary N) is 3. The molecule has 2 aliphatic heterocycles. The van der Waals surface area contributed by atoms with Crippen molar-refractivity contribution in [1.29, 1.82) is 0 Å². The number of rotatable bonds is 12. The zero-order chi connectivity index (χ0) is 34.8. The Morgan fingerprint density at radius 1 is 0.880 bits per heavy atom. The molecule has 7 rings (SSSR count). The van der Waals surface area contributed by atoms with Crippen LogP contribution in [0.25, 0.3) is 44.8 Å². The normalized spacial score (nSPS) is 17.4. The first-order valence-corrected chi connectivity index (χ1v) is 17.6. The van der Waals surface area contributed by atoms with E-state index in [0.717, 1.165) is 64.8 Å². The van der Waals surface area contributed by atoms with Crippen molar-refractivity contribution in [2.45, 2.75) is 63.6 Å². The van der Waals surface area contributed by atoms with E-state index in [0.29, 0.717) is 65.2 Å². The number of halogens is 2. The zero-order valence-electron chi connectivity index (χ0n) is 27.9. The number of fused-ring (bicyclic) bond motifs is 1. The lowest BCUT2D eigenvalue weighted by atomic mass is 9.98. The quantitative estimate of drug-likeness (QED) is 0.142. The number of amides is 2. The topological polar surface area (TPSA) is 136 Å². The Kier molecular flexibility index (Phi) is 9.98. The maximum atomic E-state index is 11.5. The highest BCUT2D eigenvalue weighted by Crippen LogP contribution is 2.42. The number of aromatic nitrogens is 5. The Labute approximate surface area is 300 Å². The summed E-state index contributed by atoms with van der Waals surface area (Å²) in [7, 11) is 3.54. The Morgan fingerprint density at radius 3 is 2.14 bits per heavy atom. The van der Waals surface area contributed by atoms with Gasteiger partial charge in [0.05, 0.1) is 40.9 Å². The number of methoxy groups -OCH3 is 1. The predicted molar refractivity (Wildman–Crippen MR) is 194 cm³/mol. The van der Waals surface area contributed by atoms with E-state index in [2.05, 4.69) is 16.0 Å². The lowest BCUT2D eigenvalue weighted by Gasteiger charge is -2.15. The number of carbonyl (C=O) groups is 2. The van der Waals surface area contributed by atoms with Crippen molar-refractivity contribution in [1.82, 2.24) is 40.5 Å². The van der Waals surface area contributed by atoms with Crippen LogP contribution < -0.4 is 20.7 Å². The number of nitrogens with zero attached hydrogens (tertiary/aromatic N) is 5. The van der Waals surface area contributed by atoms with E-state index in [-0.39, 0.29) is 23.9 Å². The molecule has 0 unspecified atom stereocenters. The molecule has 2 aliphatic rings. The van der Waals surface area contributed by atoms with Gasteiger partial charge >= 0.3 is 0 Å². The van der Waals surface area contributed by atoms with E-state index in [9.17, 15) is 9.59 Å². The summed E-state index contributed by atoms with van der Waals surface area (Å²) in [6, 6.07) is 11.9. The van der Waals surface area contributed by atoms with E-state index < -0.39 is 0 Å². The second kappa shape index (κ2) is 14.7. The average Bonchev–Trinajstić information content (AvgIpc) is 3.83. The molecule has 13 heteroatoms. The van der Waals surface area contributed by atoms with E-state index in [1.165, 1.54) is 0 Å². The molecule has 0 radical (unpaired) electrons. The van der Waals surface area contributed by atoms with Crippen molar-refractivity contribution >= 4 is 46.2 Å². The van der Waals surface area contributed by atoms with Crippen LogP contribution in [0.5, 0.6) is 5.88 Å². The second-order valence-electron chi connectivity index (χ2n) is 12.9. The molecule has 2 amide bonds. The minimum atomic E-state index is 0.110. The monoisotopic (exact) mass is 712 g/mol. The molecule has 0 spiro atoms. The van der Waals surface area contributed by atoms with Gasteiger partial charge in [-0.2, -0.15) is 0 Å². The summed E-state index contributed by atoms with van der Waals surface area (Å²) in [5.74, 6) is 0.687. The lowest BCUT2D eigenvalue weighted by molar-refractivity contribution is -0.120. The van der Waals surface area contributed by atoms with Gasteiger partial charge < -0.3 is 25.3 Å². The molecule has 3 N–H and O–H groups in total. The van der Waals surface area contributed by atoms with Gasteiger partial charge in [0.2, 0.25) is 17.7 Å². The van der Waals surface area contributed by atoms with Crippen LogP contribution >= 0.6 is 23.2 Å². The van der Waals surface area contributed by atoms with E-state index in [1.807, 2.05) is 54.2 Å². The van der Waals surface area contributed by atoms with Gasteiger partial charge in [0.15, 0.2) is 5.65 Å². The number of hydrogen-bond donors (Lipinski definition) is 3. The molecule has 0 aliphatic carbocycles. The van der Waals surface area contributed by atoms with Crippen LogP contribution in [-0.2, 0) is 29.6 Å². The van der Waals surface area contributed by atoms with Gasteiger partial charge in [-0.15, -0.1) is 0 Å². The SMILES string of the molecule is COc1nc(-c2cccc(-c3cccc(-c4cnc5c(CNC[C@@H]6CCC(=O)N6)cn(C)c5n4)c3Cl)c2Cl)cnc1CCC[C@H]1CCC(=O)N1. The summed E-state index contributed by atoms with van der Waals surface area (Å²) in [4.78, 5) is 42.3. The molecule has 5 heterocycles. The molecule has 0 bridgehead atoms.